The van der Waals surface area contributed by atoms with Crippen molar-refractivity contribution in [1.82, 2.24) is 9.97 Å². The minimum Gasteiger partial charge on any atom is -0.357 e. The Kier molecular flexibility index (Phi) is 3.95. The van der Waals surface area contributed by atoms with Crippen LogP contribution in [-0.4, -0.2) is 23.1 Å². The summed E-state index contributed by atoms with van der Waals surface area (Å²) in [5.74, 6) is 1.91. The van der Waals surface area contributed by atoms with Crippen LogP contribution in [0.25, 0.3) is 0 Å². The molecule has 0 N–H and O–H groups in total. The van der Waals surface area contributed by atoms with Gasteiger partial charge in [-0.3, -0.25) is 4.98 Å². The maximum absolute atomic E-state index is 4.62. The molecule has 1 aliphatic rings. The maximum atomic E-state index is 4.62. The van der Waals surface area contributed by atoms with Gasteiger partial charge in [-0.1, -0.05) is 12.1 Å². The molecule has 20 heavy (non-hydrogen) atoms. The third-order valence-electron chi connectivity index (χ3n) is 4.06. The Balaban J connectivity index is 1.57. The molecule has 0 radical (unpaired) electrons. The van der Waals surface area contributed by atoms with Gasteiger partial charge in [0.05, 0.1) is 0 Å². The largest absolute Gasteiger partial charge is 0.357 e. The zero-order valence-corrected chi connectivity index (χ0v) is 12.0. The molecular weight excluding hydrogens is 246 g/mol. The molecule has 1 saturated heterocycles. The zero-order valence-electron chi connectivity index (χ0n) is 12.0. The summed E-state index contributed by atoms with van der Waals surface area (Å²) in [6, 6.07) is 10.5. The van der Waals surface area contributed by atoms with E-state index in [0.717, 1.165) is 36.9 Å². The number of hydrogen-bond donors (Lipinski definition) is 0. The third kappa shape index (κ3) is 3.16. The van der Waals surface area contributed by atoms with Crippen molar-refractivity contribution in [1.29, 1.82) is 0 Å². The van der Waals surface area contributed by atoms with Gasteiger partial charge in [0, 0.05) is 31.2 Å². The number of anilines is 1. The van der Waals surface area contributed by atoms with Crippen LogP contribution in [0.4, 0.5) is 5.82 Å². The number of aromatic nitrogens is 2. The van der Waals surface area contributed by atoms with E-state index in [9.17, 15) is 0 Å². The highest BCUT2D eigenvalue weighted by atomic mass is 15.2. The third-order valence-corrected chi connectivity index (χ3v) is 4.06. The molecule has 0 saturated carbocycles. The first-order valence-corrected chi connectivity index (χ1v) is 7.39. The molecule has 1 aliphatic heterocycles. The highest BCUT2D eigenvalue weighted by Crippen LogP contribution is 2.24. The van der Waals surface area contributed by atoms with E-state index in [2.05, 4.69) is 46.1 Å². The van der Waals surface area contributed by atoms with Crippen LogP contribution in [0.15, 0.2) is 42.7 Å². The van der Waals surface area contributed by atoms with Gasteiger partial charge in [-0.2, -0.15) is 0 Å². The van der Waals surface area contributed by atoms with Gasteiger partial charge < -0.3 is 4.90 Å². The van der Waals surface area contributed by atoms with Crippen LogP contribution >= 0.6 is 0 Å². The van der Waals surface area contributed by atoms with Gasteiger partial charge in [-0.05, 0) is 55.9 Å². The van der Waals surface area contributed by atoms with E-state index in [1.54, 1.807) is 0 Å². The number of piperidine rings is 1. The van der Waals surface area contributed by atoms with Crippen molar-refractivity contribution in [3.8, 4) is 0 Å². The summed E-state index contributed by atoms with van der Waals surface area (Å²) < 4.78 is 0. The van der Waals surface area contributed by atoms with Crippen LogP contribution in [0.1, 0.15) is 24.1 Å². The van der Waals surface area contributed by atoms with E-state index in [-0.39, 0.29) is 0 Å². The second-order valence-corrected chi connectivity index (χ2v) is 5.63. The van der Waals surface area contributed by atoms with Gasteiger partial charge in [-0.15, -0.1) is 0 Å². The zero-order chi connectivity index (χ0) is 13.8. The fourth-order valence-corrected chi connectivity index (χ4v) is 2.92. The molecule has 3 rings (SSSR count). The van der Waals surface area contributed by atoms with E-state index in [1.165, 1.54) is 18.4 Å². The average molecular weight is 267 g/mol. The quantitative estimate of drug-likeness (QED) is 0.855. The van der Waals surface area contributed by atoms with E-state index >= 15 is 0 Å². The number of rotatable bonds is 3. The molecular formula is C17H21N3. The molecule has 0 spiro atoms. The summed E-state index contributed by atoms with van der Waals surface area (Å²) in [6.07, 6.45) is 7.47. The molecule has 2 aromatic heterocycles. The van der Waals surface area contributed by atoms with Crippen molar-refractivity contribution in [3.63, 3.8) is 0 Å². The molecule has 104 valence electrons. The number of aryl methyl sites for hydroxylation is 1. The van der Waals surface area contributed by atoms with E-state index < -0.39 is 0 Å². The topological polar surface area (TPSA) is 29.0 Å². The standard InChI is InChI=1S/C17H21N3/c1-14-4-2-6-17(19-14)20-10-7-15(8-11-20)12-16-5-3-9-18-13-16/h2-6,9,13,15H,7-8,10-12H2,1H3. The Morgan fingerprint density at radius 2 is 2.00 bits per heavy atom. The van der Waals surface area contributed by atoms with E-state index in [0.29, 0.717) is 0 Å². The van der Waals surface area contributed by atoms with Gasteiger partial charge in [0.15, 0.2) is 0 Å². The molecule has 0 amide bonds. The summed E-state index contributed by atoms with van der Waals surface area (Å²) >= 11 is 0. The lowest BCUT2D eigenvalue weighted by atomic mass is 9.91. The lowest BCUT2D eigenvalue weighted by molar-refractivity contribution is 0.402. The van der Waals surface area contributed by atoms with Crippen LogP contribution in [0.2, 0.25) is 0 Å². The molecule has 0 aromatic carbocycles. The molecule has 0 atom stereocenters. The van der Waals surface area contributed by atoms with E-state index in [4.69, 9.17) is 0 Å². The van der Waals surface area contributed by atoms with Crippen molar-refractivity contribution in [2.45, 2.75) is 26.2 Å². The number of nitrogens with zero attached hydrogens (tertiary/aromatic N) is 3. The normalized spacial score (nSPS) is 16.4. The fourth-order valence-electron chi connectivity index (χ4n) is 2.92. The first-order chi connectivity index (χ1) is 9.81. The van der Waals surface area contributed by atoms with Crippen LogP contribution < -0.4 is 4.90 Å². The molecule has 0 unspecified atom stereocenters. The average Bonchev–Trinajstić information content (AvgIpc) is 2.49. The predicted octanol–water partition coefficient (Wildman–Crippen LogP) is 3.24. The van der Waals surface area contributed by atoms with Crippen molar-refractivity contribution >= 4 is 5.82 Å². The second kappa shape index (κ2) is 6.04. The summed E-state index contributed by atoms with van der Waals surface area (Å²) in [7, 11) is 0. The molecule has 3 heteroatoms. The van der Waals surface area contributed by atoms with Crippen molar-refractivity contribution in [2.75, 3.05) is 18.0 Å². The Morgan fingerprint density at radius 3 is 2.70 bits per heavy atom. The monoisotopic (exact) mass is 267 g/mol. The van der Waals surface area contributed by atoms with Crippen LogP contribution in [-0.2, 0) is 6.42 Å². The van der Waals surface area contributed by atoms with E-state index in [1.807, 2.05) is 18.5 Å². The summed E-state index contributed by atoms with van der Waals surface area (Å²) in [5, 5.41) is 0. The Hall–Kier alpha value is -1.90. The Labute approximate surface area is 120 Å². The van der Waals surface area contributed by atoms with Gasteiger partial charge in [0.1, 0.15) is 5.82 Å². The minimum atomic E-state index is 0.778. The van der Waals surface area contributed by atoms with Crippen LogP contribution in [0, 0.1) is 12.8 Å². The second-order valence-electron chi connectivity index (χ2n) is 5.63. The highest BCUT2D eigenvalue weighted by Gasteiger charge is 2.20. The van der Waals surface area contributed by atoms with Crippen LogP contribution in [0.5, 0.6) is 0 Å². The molecule has 2 aromatic rings. The molecule has 3 nitrogen and oxygen atoms in total. The highest BCUT2D eigenvalue weighted by molar-refractivity contribution is 5.39. The molecule has 0 bridgehead atoms. The molecule has 3 heterocycles. The van der Waals surface area contributed by atoms with Gasteiger partial charge in [-0.25, -0.2) is 4.98 Å². The summed E-state index contributed by atoms with van der Waals surface area (Å²) in [4.78, 5) is 11.2. The minimum absolute atomic E-state index is 0.778. The first-order valence-electron chi connectivity index (χ1n) is 7.39. The summed E-state index contributed by atoms with van der Waals surface area (Å²) in [5.41, 5.74) is 2.46. The SMILES string of the molecule is Cc1cccc(N2CCC(Cc3cccnc3)CC2)n1. The fraction of sp³-hybridized carbons (Fsp3) is 0.412. The Morgan fingerprint density at radius 1 is 1.15 bits per heavy atom. The molecule has 0 aliphatic carbocycles. The number of hydrogen-bond acceptors (Lipinski definition) is 3. The van der Waals surface area contributed by atoms with Crippen molar-refractivity contribution in [3.05, 3.63) is 54.0 Å². The van der Waals surface area contributed by atoms with Crippen LogP contribution in [0.3, 0.4) is 0 Å². The van der Waals surface area contributed by atoms with Gasteiger partial charge in [0.2, 0.25) is 0 Å². The first kappa shape index (κ1) is 13.1. The van der Waals surface area contributed by atoms with Gasteiger partial charge >= 0.3 is 0 Å². The summed E-state index contributed by atoms with van der Waals surface area (Å²) in [6.45, 7) is 4.28. The van der Waals surface area contributed by atoms with Crippen molar-refractivity contribution < 1.29 is 0 Å². The van der Waals surface area contributed by atoms with Crippen molar-refractivity contribution in [2.24, 2.45) is 5.92 Å². The van der Waals surface area contributed by atoms with Gasteiger partial charge in [0.25, 0.3) is 0 Å². The molecule has 1 fully saturated rings. The lowest BCUT2D eigenvalue weighted by Gasteiger charge is -2.33. The smallest absolute Gasteiger partial charge is 0.128 e. The lowest BCUT2D eigenvalue weighted by Crippen LogP contribution is -2.34. The number of pyridine rings is 2. The predicted molar refractivity (Wildman–Crippen MR) is 81.9 cm³/mol. The Bertz CT molecular complexity index is 545. The maximum Gasteiger partial charge on any atom is 0.128 e.